The van der Waals surface area contributed by atoms with Gasteiger partial charge in [0.25, 0.3) is 5.91 Å². The monoisotopic (exact) mass is 467 g/mol. The minimum atomic E-state index is -0.184. The Kier molecular flexibility index (Phi) is 5.45. The lowest BCUT2D eigenvalue weighted by atomic mass is 9.95. The summed E-state index contributed by atoms with van der Waals surface area (Å²) in [7, 11) is 0. The van der Waals surface area contributed by atoms with Crippen LogP contribution in [0.1, 0.15) is 66.2 Å². The lowest BCUT2D eigenvalue weighted by molar-refractivity contribution is 0.102. The van der Waals surface area contributed by atoms with Gasteiger partial charge in [-0.2, -0.15) is 0 Å². The molecule has 178 valence electrons. The van der Waals surface area contributed by atoms with Crippen LogP contribution in [-0.4, -0.2) is 37.8 Å². The highest BCUT2D eigenvalue weighted by Crippen LogP contribution is 2.40. The Labute approximate surface area is 204 Å². The van der Waals surface area contributed by atoms with Crippen LogP contribution in [0.5, 0.6) is 0 Å². The van der Waals surface area contributed by atoms with Crippen molar-refractivity contribution in [3.63, 3.8) is 0 Å². The van der Waals surface area contributed by atoms with Crippen molar-refractivity contribution >= 4 is 23.1 Å². The fraction of sp³-hybridized carbons (Fsp3) is 0.333. The maximum Gasteiger partial charge on any atom is 0.256 e. The molecule has 2 unspecified atom stereocenters. The second kappa shape index (κ2) is 8.78. The molecule has 0 spiro atoms. The number of benzene rings is 1. The Morgan fingerprint density at radius 3 is 2.60 bits per heavy atom. The molecule has 4 heterocycles. The summed E-state index contributed by atoms with van der Waals surface area (Å²) in [5, 5.41) is 6.49. The number of rotatable bonds is 5. The minimum absolute atomic E-state index is 0.184. The first kappa shape index (κ1) is 21.7. The number of carbonyl (C=O) groups is 1. The third-order valence-electron chi connectivity index (χ3n) is 7.13. The SMILES string of the molecule is CC1CCC(c2nc(-c3ccc(C(=O)Nc4cc(C5CC5)ccn4)cc3)c3c(N)nccn23)CN1. The highest BCUT2D eigenvalue weighted by atomic mass is 16.1. The van der Waals surface area contributed by atoms with E-state index in [0.717, 1.165) is 42.0 Å². The summed E-state index contributed by atoms with van der Waals surface area (Å²) in [6.07, 6.45) is 10.0. The molecule has 0 radical (unpaired) electrons. The Bertz CT molecular complexity index is 1380. The molecule has 35 heavy (non-hydrogen) atoms. The fourth-order valence-corrected chi connectivity index (χ4v) is 4.95. The third kappa shape index (κ3) is 4.25. The van der Waals surface area contributed by atoms with Gasteiger partial charge in [-0.15, -0.1) is 0 Å². The van der Waals surface area contributed by atoms with E-state index >= 15 is 0 Å². The molecule has 6 rings (SSSR count). The van der Waals surface area contributed by atoms with Crippen LogP contribution in [0, 0.1) is 0 Å². The Morgan fingerprint density at radius 2 is 1.86 bits per heavy atom. The second-order valence-electron chi connectivity index (χ2n) is 9.71. The van der Waals surface area contributed by atoms with E-state index < -0.39 is 0 Å². The number of anilines is 2. The van der Waals surface area contributed by atoms with Crippen molar-refractivity contribution in [3.8, 4) is 11.3 Å². The molecule has 1 aliphatic carbocycles. The largest absolute Gasteiger partial charge is 0.382 e. The number of piperidine rings is 1. The molecule has 2 fully saturated rings. The van der Waals surface area contributed by atoms with Crippen LogP contribution >= 0.6 is 0 Å². The van der Waals surface area contributed by atoms with Gasteiger partial charge in [0.1, 0.15) is 28.7 Å². The van der Waals surface area contributed by atoms with Crippen molar-refractivity contribution in [1.29, 1.82) is 0 Å². The first-order valence-electron chi connectivity index (χ1n) is 12.3. The van der Waals surface area contributed by atoms with E-state index in [1.165, 1.54) is 18.4 Å². The molecule has 3 aromatic heterocycles. The second-order valence-corrected chi connectivity index (χ2v) is 9.71. The predicted octanol–water partition coefficient (Wildman–Crippen LogP) is 4.36. The number of imidazole rings is 1. The molecule has 1 amide bonds. The summed E-state index contributed by atoms with van der Waals surface area (Å²) < 4.78 is 2.07. The third-order valence-corrected chi connectivity index (χ3v) is 7.13. The van der Waals surface area contributed by atoms with E-state index in [9.17, 15) is 4.79 Å². The molecule has 1 aromatic carbocycles. The Hall–Kier alpha value is -3.78. The van der Waals surface area contributed by atoms with Gasteiger partial charge in [-0.25, -0.2) is 15.0 Å². The van der Waals surface area contributed by atoms with E-state index in [4.69, 9.17) is 10.7 Å². The smallest absolute Gasteiger partial charge is 0.256 e. The summed E-state index contributed by atoms with van der Waals surface area (Å²) in [6, 6.07) is 12.0. The number of fused-ring (bicyclic) bond motifs is 1. The van der Waals surface area contributed by atoms with Gasteiger partial charge < -0.3 is 16.4 Å². The number of aromatic nitrogens is 4. The van der Waals surface area contributed by atoms with Crippen LogP contribution in [0.4, 0.5) is 11.6 Å². The number of hydrogen-bond acceptors (Lipinski definition) is 6. The molecular formula is C27H29N7O. The summed E-state index contributed by atoms with van der Waals surface area (Å²) >= 11 is 0. The van der Waals surface area contributed by atoms with Gasteiger partial charge in [0.05, 0.1) is 0 Å². The maximum atomic E-state index is 12.9. The van der Waals surface area contributed by atoms with Crippen LogP contribution in [0.3, 0.4) is 0 Å². The van der Waals surface area contributed by atoms with E-state index in [1.807, 2.05) is 42.6 Å². The lowest BCUT2D eigenvalue weighted by Crippen LogP contribution is -2.36. The van der Waals surface area contributed by atoms with Gasteiger partial charge in [-0.1, -0.05) is 12.1 Å². The average Bonchev–Trinajstić information content (AvgIpc) is 3.66. The molecule has 4 aromatic rings. The first-order valence-corrected chi connectivity index (χ1v) is 12.3. The number of nitrogens with one attached hydrogen (secondary N) is 2. The quantitative estimate of drug-likeness (QED) is 0.402. The number of carbonyl (C=O) groups excluding carboxylic acids is 1. The molecule has 1 saturated carbocycles. The average molecular weight is 468 g/mol. The van der Waals surface area contributed by atoms with Crippen molar-refractivity contribution < 1.29 is 4.79 Å². The number of pyridine rings is 1. The van der Waals surface area contributed by atoms with Crippen molar-refractivity contribution in [2.75, 3.05) is 17.6 Å². The van der Waals surface area contributed by atoms with Crippen LogP contribution in [-0.2, 0) is 0 Å². The number of nitrogens with zero attached hydrogens (tertiary/aromatic N) is 4. The van der Waals surface area contributed by atoms with E-state index in [0.29, 0.717) is 35.1 Å². The minimum Gasteiger partial charge on any atom is -0.382 e. The Balaban J connectivity index is 1.28. The standard InChI is InChI=1S/C27H29N7O/c1-16-2-3-21(15-31-16)26-33-23(24-25(28)30-12-13-34(24)26)18-6-8-19(9-7-18)27(35)32-22-14-20(10-11-29-22)17-4-5-17/h6-14,16-17,21,31H,2-5,15H2,1H3,(H2,28,30)(H,29,32,35). The van der Waals surface area contributed by atoms with Crippen LogP contribution in [0.25, 0.3) is 16.8 Å². The van der Waals surface area contributed by atoms with Gasteiger partial charge in [0.15, 0.2) is 0 Å². The van der Waals surface area contributed by atoms with Crippen molar-refractivity contribution in [2.24, 2.45) is 0 Å². The van der Waals surface area contributed by atoms with E-state index in [-0.39, 0.29) is 5.91 Å². The molecule has 8 nitrogen and oxygen atoms in total. The predicted molar refractivity (Wildman–Crippen MR) is 136 cm³/mol. The van der Waals surface area contributed by atoms with Gasteiger partial charge in [0, 0.05) is 48.2 Å². The molecule has 2 atom stereocenters. The molecule has 8 heteroatoms. The molecule has 1 saturated heterocycles. The van der Waals surface area contributed by atoms with Crippen LogP contribution in [0.15, 0.2) is 55.0 Å². The maximum absolute atomic E-state index is 12.9. The van der Waals surface area contributed by atoms with Gasteiger partial charge in [0.2, 0.25) is 0 Å². The van der Waals surface area contributed by atoms with Crippen molar-refractivity contribution in [1.82, 2.24) is 24.7 Å². The zero-order valence-electron chi connectivity index (χ0n) is 19.7. The van der Waals surface area contributed by atoms with Crippen LogP contribution < -0.4 is 16.4 Å². The van der Waals surface area contributed by atoms with Crippen molar-refractivity contribution in [3.05, 3.63) is 71.9 Å². The van der Waals surface area contributed by atoms with Gasteiger partial charge >= 0.3 is 0 Å². The summed E-state index contributed by atoms with van der Waals surface area (Å²) in [5.74, 6) is 2.75. The first-order chi connectivity index (χ1) is 17.1. The summed E-state index contributed by atoms with van der Waals surface area (Å²) in [5.41, 5.74) is 10.6. The summed E-state index contributed by atoms with van der Waals surface area (Å²) in [6.45, 7) is 3.10. The van der Waals surface area contributed by atoms with E-state index in [2.05, 4.69) is 31.9 Å². The Morgan fingerprint density at radius 1 is 1.06 bits per heavy atom. The lowest BCUT2D eigenvalue weighted by Gasteiger charge is -2.26. The fourth-order valence-electron chi connectivity index (χ4n) is 4.95. The van der Waals surface area contributed by atoms with Gasteiger partial charge in [-0.3, -0.25) is 9.20 Å². The molecule has 0 bridgehead atoms. The zero-order valence-corrected chi connectivity index (χ0v) is 19.7. The molecule has 4 N–H and O–H groups in total. The number of nitrogen functional groups attached to an aromatic ring is 1. The normalized spacial score (nSPS) is 20.1. The van der Waals surface area contributed by atoms with Gasteiger partial charge in [-0.05, 0) is 68.4 Å². The van der Waals surface area contributed by atoms with Crippen molar-refractivity contribution in [2.45, 2.75) is 50.5 Å². The van der Waals surface area contributed by atoms with Crippen LogP contribution in [0.2, 0.25) is 0 Å². The zero-order chi connectivity index (χ0) is 23.9. The molecule has 2 aliphatic rings. The topological polar surface area (TPSA) is 110 Å². The number of hydrogen-bond donors (Lipinski definition) is 3. The highest BCUT2D eigenvalue weighted by molar-refractivity contribution is 6.04. The molecular weight excluding hydrogens is 438 g/mol. The highest BCUT2D eigenvalue weighted by Gasteiger charge is 2.26. The number of nitrogens with two attached hydrogens (primary N) is 1. The molecule has 1 aliphatic heterocycles. The number of amides is 1. The summed E-state index contributed by atoms with van der Waals surface area (Å²) in [4.78, 5) is 26.5. The van der Waals surface area contributed by atoms with E-state index in [1.54, 1.807) is 12.4 Å².